The van der Waals surface area contributed by atoms with Gasteiger partial charge < -0.3 is 10.1 Å². The molecule has 2 nitrogen and oxygen atoms in total. The van der Waals surface area contributed by atoms with Crippen molar-refractivity contribution in [1.29, 1.82) is 0 Å². The largest absolute Gasteiger partial charge is 0.488 e. The molecule has 1 aromatic rings. The van der Waals surface area contributed by atoms with Gasteiger partial charge in [-0.25, -0.2) is 0 Å². The summed E-state index contributed by atoms with van der Waals surface area (Å²) in [6.45, 7) is 8.92. The zero-order valence-electron chi connectivity index (χ0n) is 10.1. The zero-order chi connectivity index (χ0) is 12.8. The molecule has 0 saturated carbocycles. The van der Waals surface area contributed by atoms with Crippen LogP contribution in [0.15, 0.2) is 34.3 Å². The van der Waals surface area contributed by atoms with Gasteiger partial charge in [0.1, 0.15) is 12.4 Å². The monoisotopic (exact) mass is 317 g/mol. The lowest BCUT2D eigenvalue weighted by Crippen LogP contribution is -2.22. The minimum atomic E-state index is 0.331. The Morgan fingerprint density at radius 2 is 2.24 bits per heavy atom. The third-order valence-electron chi connectivity index (χ3n) is 2.11. The molecule has 0 aromatic heterocycles. The van der Waals surface area contributed by atoms with Crippen LogP contribution in [-0.2, 0) is 6.54 Å². The molecule has 94 valence electrons. The lowest BCUT2D eigenvalue weighted by molar-refractivity contribution is 0.353. The SMILES string of the molecule is C=C(Cl)COc1ccc(Br)cc1CNC(C)C. The van der Waals surface area contributed by atoms with Crippen LogP contribution in [0.25, 0.3) is 0 Å². The fraction of sp³-hybridized carbons (Fsp3) is 0.385. The van der Waals surface area contributed by atoms with Crippen molar-refractivity contribution in [3.63, 3.8) is 0 Å². The maximum atomic E-state index is 5.69. The Morgan fingerprint density at radius 1 is 1.53 bits per heavy atom. The quantitative estimate of drug-likeness (QED) is 0.853. The number of nitrogens with one attached hydrogen (secondary N) is 1. The Hall–Kier alpha value is -0.510. The van der Waals surface area contributed by atoms with E-state index in [0.29, 0.717) is 17.7 Å². The van der Waals surface area contributed by atoms with Crippen LogP contribution in [0.3, 0.4) is 0 Å². The van der Waals surface area contributed by atoms with E-state index in [2.05, 4.69) is 41.7 Å². The molecular formula is C13H17BrClNO. The van der Waals surface area contributed by atoms with Crippen LogP contribution in [0.1, 0.15) is 19.4 Å². The van der Waals surface area contributed by atoms with Crippen molar-refractivity contribution < 1.29 is 4.74 Å². The molecule has 0 atom stereocenters. The van der Waals surface area contributed by atoms with Crippen LogP contribution in [0.4, 0.5) is 0 Å². The van der Waals surface area contributed by atoms with E-state index in [1.54, 1.807) is 0 Å². The molecule has 0 saturated heterocycles. The van der Waals surface area contributed by atoms with Gasteiger partial charge in [0.2, 0.25) is 0 Å². The van der Waals surface area contributed by atoms with Crippen LogP contribution in [0, 0.1) is 0 Å². The molecule has 4 heteroatoms. The zero-order valence-corrected chi connectivity index (χ0v) is 12.4. The van der Waals surface area contributed by atoms with Gasteiger partial charge in [0, 0.05) is 27.7 Å². The van der Waals surface area contributed by atoms with E-state index in [-0.39, 0.29) is 0 Å². The molecule has 1 N–H and O–H groups in total. The first-order valence-electron chi connectivity index (χ1n) is 5.47. The molecule has 1 rings (SSSR count). The number of benzene rings is 1. The lowest BCUT2D eigenvalue weighted by atomic mass is 10.2. The minimum absolute atomic E-state index is 0.331. The molecule has 0 unspecified atom stereocenters. The highest BCUT2D eigenvalue weighted by atomic mass is 79.9. The summed E-state index contributed by atoms with van der Waals surface area (Å²) in [5.41, 5.74) is 1.10. The first-order valence-corrected chi connectivity index (χ1v) is 6.64. The van der Waals surface area contributed by atoms with Gasteiger partial charge in [0.25, 0.3) is 0 Å². The molecule has 0 bridgehead atoms. The molecular weight excluding hydrogens is 302 g/mol. The van der Waals surface area contributed by atoms with E-state index in [1.807, 2.05) is 18.2 Å². The Balaban J connectivity index is 2.76. The fourth-order valence-corrected chi connectivity index (χ4v) is 1.76. The summed E-state index contributed by atoms with van der Waals surface area (Å²) in [5, 5.41) is 3.86. The number of rotatable bonds is 6. The summed E-state index contributed by atoms with van der Waals surface area (Å²) in [7, 11) is 0. The third-order valence-corrected chi connectivity index (χ3v) is 2.71. The van der Waals surface area contributed by atoms with Crippen LogP contribution in [0.2, 0.25) is 0 Å². The Kier molecular flexibility index (Phi) is 6.03. The molecule has 0 heterocycles. The van der Waals surface area contributed by atoms with Crippen molar-refractivity contribution in [2.45, 2.75) is 26.4 Å². The van der Waals surface area contributed by atoms with Crippen molar-refractivity contribution in [3.8, 4) is 5.75 Å². The van der Waals surface area contributed by atoms with E-state index < -0.39 is 0 Å². The molecule has 0 radical (unpaired) electrons. The Bertz CT molecular complexity index is 393. The summed E-state index contributed by atoms with van der Waals surface area (Å²) in [6.07, 6.45) is 0. The van der Waals surface area contributed by atoms with E-state index in [4.69, 9.17) is 16.3 Å². The van der Waals surface area contributed by atoms with Crippen molar-refractivity contribution in [2.24, 2.45) is 0 Å². The van der Waals surface area contributed by atoms with Crippen molar-refractivity contribution in [2.75, 3.05) is 6.61 Å². The Morgan fingerprint density at radius 3 is 2.82 bits per heavy atom. The normalized spacial score (nSPS) is 10.6. The number of hydrogen-bond acceptors (Lipinski definition) is 2. The van der Waals surface area contributed by atoms with E-state index in [0.717, 1.165) is 22.3 Å². The predicted octanol–water partition coefficient (Wildman–Crippen LogP) is 4.08. The van der Waals surface area contributed by atoms with Gasteiger partial charge in [-0.15, -0.1) is 0 Å². The maximum Gasteiger partial charge on any atom is 0.124 e. The van der Waals surface area contributed by atoms with Gasteiger partial charge in [-0.3, -0.25) is 0 Å². The lowest BCUT2D eigenvalue weighted by Gasteiger charge is -2.14. The van der Waals surface area contributed by atoms with E-state index in [1.165, 1.54) is 0 Å². The van der Waals surface area contributed by atoms with Crippen molar-refractivity contribution in [1.82, 2.24) is 5.32 Å². The van der Waals surface area contributed by atoms with E-state index in [9.17, 15) is 0 Å². The molecule has 0 spiro atoms. The van der Waals surface area contributed by atoms with Crippen LogP contribution >= 0.6 is 27.5 Å². The molecule has 1 aromatic carbocycles. The fourth-order valence-electron chi connectivity index (χ4n) is 1.30. The van der Waals surface area contributed by atoms with Crippen molar-refractivity contribution >= 4 is 27.5 Å². The number of ether oxygens (including phenoxy) is 1. The van der Waals surface area contributed by atoms with Crippen LogP contribution in [0.5, 0.6) is 5.75 Å². The second-order valence-corrected chi connectivity index (χ2v) is 5.54. The third kappa shape index (κ3) is 5.57. The summed E-state index contributed by atoms with van der Waals surface area (Å²) < 4.78 is 6.63. The minimum Gasteiger partial charge on any atom is -0.488 e. The average Bonchev–Trinajstić information content (AvgIpc) is 2.24. The number of halogens is 2. The molecule has 17 heavy (non-hydrogen) atoms. The second-order valence-electron chi connectivity index (χ2n) is 4.09. The van der Waals surface area contributed by atoms with Gasteiger partial charge in [0.05, 0.1) is 0 Å². The summed E-state index contributed by atoms with van der Waals surface area (Å²) >= 11 is 9.15. The van der Waals surface area contributed by atoms with Gasteiger partial charge >= 0.3 is 0 Å². The topological polar surface area (TPSA) is 21.3 Å². The molecule has 0 aliphatic carbocycles. The molecule has 0 aliphatic heterocycles. The first kappa shape index (κ1) is 14.6. The number of hydrogen-bond donors (Lipinski definition) is 1. The van der Waals surface area contributed by atoms with E-state index >= 15 is 0 Å². The second kappa shape index (κ2) is 7.04. The predicted molar refractivity (Wildman–Crippen MR) is 76.6 cm³/mol. The van der Waals surface area contributed by atoms with Crippen LogP contribution < -0.4 is 10.1 Å². The smallest absolute Gasteiger partial charge is 0.124 e. The molecule has 0 fully saturated rings. The molecule has 0 amide bonds. The van der Waals surface area contributed by atoms with Crippen LogP contribution in [-0.4, -0.2) is 12.6 Å². The standard InChI is InChI=1S/C13H17BrClNO/c1-9(2)16-7-11-6-12(14)4-5-13(11)17-8-10(3)15/h4-6,9,16H,3,7-8H2,1-2H3. The summed E-state index contributed by atoms with van der Waals surface area (Å²) in [6, 6.07) is 6.36. The highest BCUT2D eigenvalue weighted by Gasteiger charge is 2.05. The van der Waals surface area contributed by atoms with Gasteiger partial charge in [0.15, 0.2) is 0 Å². The van der Waals surface area contributed by atoms with Gasteiger partial charge in [-0.2, -0.15) is 0 Å². The highest BCUT2D eigenvalue weighted by molar-refractivity contribution is 9.10. The van der Waals surface area contributed by atoms with Crippen molar-refractivity contribution in [3.05, 3.63) is 39.8 Å². The molecule has 0 aliphatic rings. The van der Waals surface area contributed by atoms with Gasteiger partial charge in [-0.05, 0) is 18.2 Å². The van der Waals surface area contributed by atoms with Gasteiger partial charge in [-0.1, -0.05) is 48.0 Å². The average molecular weight is 319 g/mol. The highest BCUT2D eigenvalue weighted by Crippen LogP contribution is 2.24. The Labute approximate surface area is 116 Å². The first-order chi connectivity index (χ1) is 7.99. The summed E-state index contributed by atoms with van der Waals surface area (Å²) in [5.74, 6) is 0.836. The maximum absolute atomic E-state index is 5.69. The summed E-state index contributed by atoms with van der Waals surface area (Å²) in [4.78, 5) is 0.